The number of Topliss-reactive ketones (excluding diaryl/α,β-unsaturated/α-hetero) is 1. The molecular weight excluding hydrogens is 516 g/mol. The van der Waals surface area contributed by atoms with Gasteiger partial charge in [-0.25, -0.2) is 4.79 Å². The number of esters is 1. The first-order valence-electron chi connectivity index (χ1n) is 12.9. The summed E-state index contributed by atoms with van der Waals surface area (Å²) in [4.78, 5) is 34.1. The SMILES string of the molecule is COC(=O)C(=O)c1ccc(OCCCOc2ccc(C(CCCc3ccccc3)SCCC(=O)O)cc2)cc1. The Morgan fingerprint density at radius 3 is 2.03 bits per heavy atom. The molecule has 0 aliphatic carbocycles. The highest BCUT2D eigenvalue weighted by Gasteiger charge is 2.16. The second kappa shape index (κ2) is 16.2. The largest absolute Gasteiger partial charge is 0.493 e. The molecule has 7 nitrogen and oxygen atoms in total. The number of benzene rings is 3. The quantitative estimate of drug-likeness (QED) is 0.0923. The van der Waals surface area contributed by atoms with Gasteiger partial charge in [0.2, 0.25) is 0 Å². The van der Waals surface area contributed by atoms with E-state index in [4.69, 9.17) is 14.6 Å². The number of aliphatic carboxylic acids is 1. The van der Waals surface area contributed by atoms with E-state index in [0.717, 1.165) is 25.0 Å². The number of carboxylic acids is 1. The summed E-state index contributed by atoms with van der Waals surface area (Å²) in [7, 11) is 1.17. The van der Waals surface area contributed by atoms with E-state index >= 15 is 0 Å². The molecule has 0 bridgehead atoms. The molecule has 0 saturated carbocycles. The van der Waals surface area contributed by atoms with E-state index in [1.54, 1.807) is 23.9 Å². The second-order valence-electron chi connectivity index (χ2n) is 8.85. The molecule has 39 heavy (non-hydrogen) atoms. The first-order chi connectivity index (χ1) is 19.0. The minimum atomic E-state index is -0.899. The number of carbonyl (C=O) groups is 3. The van der Waals surface area contributed by atoms with Crippen molar-refractivity contribution < 1.29 is 33.7 Å². The highest BCUT2D eigenvalue weighted by Crippen LogP contribution is 2.35. The van der Waals surface area contributed by atoms with Crippen molar-refractivity contribution in [2.75, 3.05) is 26.1 Å². The highest BCUT2D eigenvalue weighted by atomic mass is 32.2. The fourth-order valence-corrected chi connectivity index (χ4v) is 5.16. The Morgan fingerprint density at radius 2 is 1.44 bits per heavy atom. The summed E-state index contributed by atoms with van der Waals surface area (Å²) in [5.41, 5.74) is 2.73. The fourth-order valence-electron chi connectivity index (χ4n) is 3.90. The molecule has 3 rings (SSSR count). The van der Waals surface area contributed by atoms with Gasteiger partial charge in [0.05, 0.1) is 26.7 Å². The maximum Gasteiger partial charge on any atom is 0.379 e. The Labute approximate surface area is 233 Å². The summed E-state index contributed by atoms with van der Waals surface area (Å²) in [6.45, 7) is 0.915. The van der Waals surface area contributed by atoms with E-state index in [-0.39, 0.29) is 17.2 Å². The summed E-state index contributed by atoms with van der Waals surface area (Å²) >= 11 is 1.69. The normalized spacial score (nSPS) is 11.4. The molecule has 3 aromatic carbocycles. The van der Waals surface area contributed by atoms with Gasteiger partial charge in [0.1, 0.15) is 11.5 Å². The van der Waals surface area contributed by atoms with Crippen molar-refractivity contribution in [3.8, 4) is 11.5 Å². The molecule has 0 aliphatic rings. The molecule has 0 amide bonds. The van der Waals surface area contributed by atoms with Gasteiger partial charge >= 0.3 is 11.9 Å². The van der Waals surface area contributed by atoms with Crippen molar-refractivity contribution in [2.45, 2.75) is 37.4 Å². The zero-order valence-corrected chi connectivity index (χ0v) is 22.9. The minimum absolute atomic E-state index is 0.152. The number of ketones is 1. The lowest BCUT2D eigenvalue weighted by Crippen LogP contribution is -2.15. The number of rotatable bonds is 17. The number of ether oxygens (including phenoxy) is 3. The van der Waals surface area contributed by atoms with Gasteiger partial charge in [-0.1, -0.05) is 42.5 Å². The van der Waals surface area contributed by atoms with Crippen LogP contribution in [0.4, 0.5) is 0 Å². The van der Waals surface area contributed by atoms with Crippen LogP contribution in [0.5, 0.6) is 11.5 Å². The van der Waals surface area contributed by atoms with Gasteiger partial charge in [0, 0.05) is 23.0 Å². The van der Waals surface area contributed by atoms with Gasteiger partial charge in [-0.3, -0.25) is 9.59 Å². The van der Waals surface area contributed by atoms with Crippen LogP contribution in [-0.2, 0) is 20.7 Å². The molecule has 0 radical (unpaired) electrons. The van der Waals surface area contributed by atoms with Crippen molar-refractivity contribution >= 4 is 29.5 Å². The summed E-state index contributed by atoms with van der Waals surface area (Å²) < 4.78 is 16.0. The smallest absolute Gasteiger partial charge is 0.379 e. The topological polar surface area (TPSA) is 99.1 Å². The second-order valence-corrected chi connectivity index (χ2v) is 10.2. The zero-order chi connectivity index (χ0) is 27.9. The van der Waals surface area contributed by atoms with Crippen LogP contribution in [0, 0.1) is 0 Å². The first kappa shape index (κ1) is 29.8. The summed E-state index contributed by atoms with van der Waals surface area (Å²) in [6, 6.07) is 24.7. The van der Waals surface area contributed by atoms with E-state index in [1.807, 2.05) is 18.2 Å². The van der Waals surface area contributed by atoms with Crippen LogP contribution in [0.3, 0.4) is 0 Å². The number of hydrogen-bond acceptors (Lipinski definition) is 7. The average Bonchev–Trinajstić information content (AvgIpc) is 2.96. The predicted octanol–water partition coefficient (Wildman–Crippen LogP) is 6.16. The molecule has 3 aromatic rings. The van der Waals surface area contributed by atoms with Crippen molar-refractivity contribution in [3.63, 3.8) is 0 Å². The van der Waals surface area contributed by atoms with E-state index in [2.05, 4.69) is 41.1 Å². The van der Waals surface area contributed by atoms with Gasteiger partial charge < -0.3 is 19.3 Å². The summed E-state index contributed by atoms with van der Waals surface area (Å²) in [5.74, 6) is -0.426. The van der Waals surface area contributed by atoms with Crippen LogP contribution >= 0.6 is 11.8 Å². The number of thioether (sulfide) groups is 1. The first-order valence-corrected chi connectivity index (χ1v) is 14.0. The Kier molecular flexibility index (Phi) is 12.4. The lowest BCUT2D eigenvalue weighted by molar-refractivity contribution is -0.136. The summed E-state index contributed by atoms with van der Waals surface area (Å²) in [5, 5.41) is 9.26. The number of carbonyl (C=O) groups excluding carboxylic acids is 2. The monoisotopic (exact) mass is 550 g/mol. The van der Waals surface area contributed by atoms with Crippen molar-refractivity contribution in [2.24, 2.45) is 0 Å². The van der Waals surface area contributed by atoms with Crippen LogP contribution in [-0.4, -0.2) is 48.9 Å². The standard InChI is InChI=1S/C31H34O7S/c1-36-31(35)30(34)25-13-17-27(18-14-25)38-21-6-20-37-26-15-11-24(12-16-26)28(39-22-19-29(32)33)10-5-9-23-7-3-2-4-8-23/h2-4,7-8,11-18,28H,5-6,9-10,19-22H2,1H3,(H,32,33). The molecule has 206 valence electrons. The molecule has 1 unspecified atom stereocenters. The Hall–Kier alpha value is -3.78. The van der Waals surface area contributed by atoms with Crippen LogP contribution in [0.1, 0.15) is 52.4 Å². The van der Waals surface area contributed by atoms with Crippen LogP contribution < -0.4 is 9.47 Å². The van der Waals surface area contributed by atoms with Crippen molar-refractivity contribution in [1.29, 1.82) is 0 Å². The zero-order valence-electron chi connectivity index (χ0n) is 22.0. The van der Waals surface area contributed by atoms with E-state index < -0.39 is 17.7 Å². The van der Waals surface area contributed by atoms with E-state index in [9.17, 15) is 14.4 Å². The minimum Gasteiger partial charge on any atom is -0.493 e. The molecule has 0 heterocycles. The van der Waals surface area contributed by atoms with Crippen molar-refractivity contribution in [3.05, 3.63) is 95.6 Å². The van der Waals surface area contributed by atoms with Crippen LogP contribution in [0.15, 0.2) is 78.9 Å². The molecule has 0 aliphatic heterocycles. The van der Waals surface area contributed by atoms with E-state index in [0.29, 0.717) is 31.1 Å². The Morgan fingerprint density at radius 1 is 0.821 bits per heavy atom. The molecular formula is C31H34O7S. The lowest BCUT2D eigenvalue weighted by Gasteiger charge is -2.17. The van der Waals surface area contributed by atoms with E-state index in [1.165, 1.54) is 30.4 Å². The van der Waals surface area contributed by atoms with Crippen LogP contribution in [0.2, 0.25) is 0 Å². The Bertz CT molecular complexity index is 1180. The third-order valence-electron chi connectivity index (χ3n) is 5.97. The highest BCUT2D eigenvalue weighted by molar-refractivity contribution is 7.99. The van der Waals surface area contributed by atoms with Gasteiger partial charge in [-0.2, -0.15) is 11.8 Å². The molecule has 1 atom stereocenters. The maximum atomic E-state index is 11.8. The maximum absolute atomic E-state index is 11.8. The number of methoxy groups -OCH3 is 1. The van der Waals surface area contributed by atoms with Crippen LogP contribution in [0.25, 0.3) is 0 Å². The third-order valence-corrected chi connectivity index (χ3v) is 7.32. The summed E-state index contributed by atoms with van der Waals surface area (Å²) in [6.07, 6.45) is 3.80. The Balaban J connectivity index is 1.43. The molecule has 0 saturated heterocycles. The van der Waals surface area contributed by atoms with Gasteiger partial charge in [0.15, 0.2) is 0 Å². The lowest BCUT2D eigenvalue weighted by atomic mass is 10.0. The molecule has 0 fully saturated rings. The number of hydrogen-bond donors (Lipinski definition) is 1. The van der Waals surface area contributed by atoms with Gasteiger partial charge in [0.25, 0.3) is 5.78 Å². The molecule has 1 N–H and O–H groups in total. The average molecular weight is 551 g/mol. The van der Waals surface area contributed by atoms with Gasteiger partial charge in [-0.15, -0.1) is 0 Å². The third kappa shape index (κ3) is 10.5. The molecule has 8 heteroatoms. The van der Waals surface area contributed by atoms with Crippen molar-refractivity contribution in [1.82, 2.24) is 0 Å². The van der Waals surface area contributed by atoms with Gasteiger partial charge in [-0.05, 0) is 66.8 Å². The molecule has 0 aromatic heterocycles. The number of carboxylic acid groups (broad SMARTS) is 1. The fraction of sp³-hybridized carbons (Fsp3) is 0.323. The predicted molar refractivity (Wildman–Crippen MR) is 152 cm³/mol. The molecule has 0 spiro atoms. The number of aryl methyl sites for hydroxylation is 1.